The van der Waals surface area contributed by atoms with E-state index in [4.69, 9.17) is 11.5 Å². The molecule has 0 unspecified atom stereocenters. The molecular formula is C20H34I4N4Pt2. The zero-order valence-corrected chi connectivity index (χ0v) is 30.2. The van der Waals surface area contributed by atoms with Crippen molar-refractivity contribution in [3.05, 3.63) is 35.4 Å². The van der Waals surface area contributed by atoms with Crippen LogP contribution in [0, 0.1) is 0 Å². The Bertz CT molecular complexity index is 512. The van der Waals surface area contributed by atoms with E-state index in [1.807, 2.05) is 0 Å². The van der Waals surface area contributed by atoms with Crippen molar-refractivity contribution in [2.75, 3.05) is 0 Å². The van der Waals surface area contributed by atoms with Crippen LogP contribution in [0.5, 0.6) is 0 Å². The van der Waals surface area contributed by atoms with Gasteiger partial charge in [0.1, 0.15) is 0 Å². The first-order chi connectivity index (χ1) is 14.6. The molecule has 4 atom stereocenters. The third-order valence-corrected chi connectivity index (χ3v) is 5.87. The molecule has 0 aromatic heterocycles. The molecule has 10 heteroatoms. The van der Waals surface area contributed by atoms with E-state index in [0.717, 1.165) is 25.9 Å². The number of hydrogen-bond donors (Lipinski definition) is 4. The molecule has 0 radical (unpaired) electrons. The predicted octanol–water partition coefficient (Wildman–Crippen LogP) is 5.94. The number of nitrogens with one attached hydrogen (secondary N) is 2. The van der Waals surface area contributed by atoms with Crippen molar-refractivity contribution in [1.29, 1.82) is 0 Å². The SMILES string of the molecule is N[C@@H]1CCCC[C@H]1NCc1ccccc1CN[C@@H]1CCCC[C@H]1N.[I][Pt][I].[I][Pt][I]. The summed E-state index contributed by atoms with van der Waals surface area (Å²) < 4.78 is 0. The van der Waals surface area contributed by atoms with Crippen molar-refractivity contribution in [1.82, 2.24) is 10.6 Å². The van der Waals surface area contributed by atoms with Crippen LogP contribution in [0.3, 0.4) is 0 Å². The van der Waals surface area contributed by atoms with E-state index >= 15 is 0 Å². The number of nitrogens with two attached hydrogens (primary N) is 2. The molecule has 3 rings (SSSR count). The van der Waals surface area contributed by atoms with Gasteiger partial charge in [0.05, 0.1) is 0 Å². The van der Waals surface area contributed by atoms with Gasteiger partial charge in [-0.2, -0.15) is 0 Å². The molecule has 0 spiro atoms. The fraction of sp³-hybridized carbons (Fsp3) is 0.700. The minimum atomic E-state index is 0.310. The first kappa shape index (κ1) is 31.4. The van der Waals surface area contributed by atoms with Gasteiger partial charge >= 0.3 is 99.8 Å². The van der Waals surface area contributed by atoms with E-state index in [9.17, 15) is 0 Å². The Hall–Kier alpha value is 3.36. The van der Waals surface area contributed by atoms with Crippen molar-refractivity contribution in [2.45, 2.75) is 88.6 Å². The molecule has 4 nitrogen and oxygen atoms in total. The molecule has 0 heterocycles. The Balaban J connectivity index is 0.000000672. The normalized spacial score (nSPS) is 26.3. The summed E-state index contributed by atoms with van der Waals surface area (Å²) in [7, 11) is 0. The number of benzene rings is 1. The van der Waals surface area contributed by atoms with Crippen molar-refractivity contribution < 1.29 is 22.4 Å². The molecular weight excluding hydrogens is 1190 g/mol. The summed E-state index contributed by atoms with van der Waals surface area (Å²) >= 11 is 10.6. The summed E-state index contributed by atoms with van der Waals surface area (Å²) in [5.74, 6) is 0. The second-order valence-corrected chi connectivity index (χ2v) is 40.9. The van der Waals surface area contributed by atoms with Crippen LogP contribution in [0.2, 0.25) is 0 Å². The molecule has 0 aliphatic heterocycles. The second kappa shape index (κ2) is 20.5. The Labute approximate surface area is 241 Å². The summed E-state index contributed by atoms with van der Waals surface area (Å²) in [6, 6.07) is 10.3. The van der Waals surface area contributed by atoms with Crippen LogP contribution >= 0.6 is 77.4 Å². The monoisotopic (exact) mass is 1230 g/mol. The molecule has 0 saturated heterocycles. The summed E-state index contributed by atoms with van der Waals surface area (Å²) in [6.07, 6.45) is 9.88. The average molecular weight is 1230 g/mol. The van der Waals surface area contributed by atoms with Crippen molar-refractivity contribution in [3.63, 3.8) is 0 Å². The minimum absolute atomic E-state index is 0.310. The molecule has 182 valence electrons. The molecule has 1 aromatic carbocycles. The van der Waals surface area contributed by atoms with Gasteiger partial charge in [0.15, 0.2) is 0 Å². The fourth-order valence-corrected chi connectivity index (χ4v) is 4.21. The molecule has 2 aliphatic rings. The first-order valence-corrected chi connectivity index (χ1v) is 36.0. The average Bonchev–Trinajstić information content (AvgIpc) is 2.74. The molecule has 0 bridgehead atoms. The zero-order chi connectivity index (χ0) is 22.2. The van der Waals surface area contributed by atoms with Gasteiger partial charge in [0.2, 0.25) is 0 Å². The van der Waals surface area contributed by atoms with Gasteiger partial charge < -0.3 is 22.1 Å². The molecule has 2 aliphatic carbocycles. The van der Waals surface area contributed by atoms with Gasteiger partial charge in [0, 0.05) is 37.3 Å². The molecule has 6 N–H and O–H groups in total. The topological polar surface area (TPSA) is 76.1 Å². The maximum atomic E-state index is 6.26. The third-order valence-electron chi connectivity index (χ3n) is 5.87. The van der Waals surface area contributed by atoms with E-state index < -0.39 is 0 Å². The van der Waals surface area contributed by atoms with Crippen molar-refractivity contribution in [2.24, 2.45) is 11.5 Å². The van der Waals surface area contributed by atoms with Crippen molar-refractivity contribution >= 4 is 77.4 Å². The predicted molar refractivity (Wildman–Crippen MR) is 157 cm³/mol. The van der Waals surface area contributed by atoms with Crippen LogP contribution in [0.4, 0.5) is 0 Å². The molecule has 2 saturated carbocycles. The van der Waals surface area contributed by atoms with Gasteiger partial charge in [-0.25, -0.2) is 0 Å². The van der Waals surface area contributed by atoms with E-state index in [2.05, 4.69) is 112 Å². The van der Waals surface area contributed by atoms with Gasteiger partial charge in [0.25, 0.3) is 0 Å². The number of rotatable bonds is 6. The van der Waals surface area contributed by atoms with Gasteiger partial charge in [-0.3, -0.25) is 0 Å². The summed E-state index contributed by atoms with van der Waals surface area (Å²) in [6.45, 7) is 1.82. The van der Waals surface area contributed by atoms with E-state index in [0.29, 0.717) is 46.6 Å². The first-order valence-electron chi connectivity index (χ1n) is 10.3. The number of halogens is 4. The van der Waals surface area contributed by atoms with E-state index in [1.165, 1.54) is 49.7 Å². The molecule has 2 fully saturated rings. The zero-order valence-electron chi connectivity index (χ0n) is 17.0. The van der Waals surface area contributed by atoms with Crippen LogP contribution < -0.4 is 22.1 Å². The number of hydrogen-bond acceptors (Lipinski definition) is 4. The third kappa shape index (κ3) is 13.4. The quantitative estimate of drug-likeness (QED) is 0.267. The Morgan fingerprint density at radius 3 is 1.37 bits per heavy atom. The Morgan fingerprint density at radius 1 is 0.700 bits per heavy atom. The summed E-state index contributed by atoms with van der Waals surface area (Å²) in [5.41, 5.74) is 15.3. The van der Waals surface area contributed by atoms with Gasteiger partial charge in [-0.1, -0.05) is 49.9 Å². The summed E-state index contributed by atoms with van der Waals surface area (Å²) in [4.78, 5) is 0. The van der Waals surface area contributed by atoms with E-state index in [-0.39, 0.29) is 0 Å². The van der Waals surface area contributed by atoms with Gasteiger partial charge in [-0.05, 0) is 36.8 Å². The fourth-order valence-electron chi connectivity index (χ4n) is 4.21. The van der Waals surface area contributed by atoms with Crippen LogP contribution in [0.25, 0.3) is 0 Å². The second-order valence-electron chi connectivity index (χ2n) is 7.73. The van der Waals surface area contributed by atoms with Crippen LogP contribution in [0.1, 0.15) is 62.5 Å². The van der Waals surface area contributed by atoms with Gasteiger partial charge in [-0.15, -0.1) is 0 Å². The standard InChI is InChI=1S/C20H34N4.4HI.2Pt/c21-17-9-3-5-11-19(17)23-13-15-7-1-2-8-16(15)14-24-20-12-6-4-10-18(20)22;;;;;;/h1-2,7-8,17-20,23-24H,3-6,9-14,21-22H2;4*1H;;/q;;;;;2*+2/p-4/t17-,18-,19-,20-;;;;;;/m1....../s1. The molecule has 30 heavy (non-hydrogen) atoms. The molecule has 1 aromatic rings. The van der Waals surface area contributed by atoms with E-state index in [1.54, 1.807) is 0 Å². The van der Waals surface area contributed by atoms with Crippen molar-refractivity contribution in [3.8, 4) is 0 Å². The van der Waals surface area contributed by atoms with Crippen LogP contribution in [-0.4, -0.2) is 24.2 Å². The molecule has 0 amide bonds. The maximum absolute atomic E-state index is 6.26. The Kier molecular flexibility index (Phi) is 21.5. The Morgan fingerprint density at radius 2 is 1.03 bits per heavy atom. The summed E-state index contributed by atoms with van der Waals surface area (Å²) in [5, 5.41) is 7.39. The van der Waals surface area contributed by atoms with Crippen LogP contribution in [-0.2, 0) is 35.5 Å². The van der Waals surface area contributed by atoms with Crippen LogP contribution in [0.15, 0.2) is 24.3 Å².